The molecule has 2 unspecified atom stereocenters. The van der Waals surface area contributed by atoms with Crippen LogP contribution in [0.5, 0.6) is 0 Å². The summed E-state index contributed by atoms with van der Waals surface area (Å²) >= 11 is 0. The van der Waals surface area contributed by atoms with E-state index in [9.17, 15) is 0 Å². The molecule has 1 aliphatic heterocycles. The van der Waals surface area contributed by atoms with Gasteiger partial charge in [0, 0.05) is 12.5 Å². The number of fused-ring (bicyclic) bond motifs is 1. The van der Waals surface area contributed by atoms with Crippen LogP contribution in [0, 0.1) is 5.92 Å². The number of anilines is 1. The topological polar surface area (TPSA) is 78.8 Å². The van der Waals surface area contributed by atoms with Crippen molar-refractivity contribution in [2.45, 2.75) is 25.8 Å². The van der Waals surface area contributed by atoms with E-state index in [0.717, 1.165) is 37.2 Å². The summed E-state index contributed by atoms with van der Waals surface area (Å²) in [6.07, 6.45) is 5.57. The van der Waals surface area contributed by atoms with E-state index in [-0.39, 0.29) is 6.04 Å². The first-order chi connectivity index (χ1) is 8.75. The molecule has 0 aliphatic carbocycles. The van der Waals surface area contributed by atoms with E-state index in [0.29, 0.717) is 11.7 Å². The van der Waals surface area contributed by atoms with Crippen LogP contribution in [0.15, 0.2) is 12.4 Å². The van der Waals surface area contributed by atoms with Gasteiger partial charge < -0.3 is 10.5 Å². The maximum Gasteiger partial charge on any atom is 0.179 e. The van der Waals surface area contributed by atoms with Crippen LogP contribution in [0.1, 0.15) is 25.8 Å². The van der Waals surface area contributed by atoms with Gasteiger partial charge in [-0.05, 0) is 19.8 Å². The van der Waals surface area contributed by atoms with E-state index in [1.807, 2.05) is 4.68 Å². The molecule has 6 heteroatoms. The summed E-state index contributed by atoms with van der Waals surface area (Å²) in [6.45, 7) is 3.81. The van der Waals surface area contributed by atoms with Gasteiger partial charge in [-0.25, -0.2) is 14.6 Å². The third-order valence-electron chi connectivity index (χ3n) is 3.58. The molecule has 2 aromatic heterocycles. The lowest BCUT2D eigenvalue weighted by atomic mass is 9.95. The standard InChI is InChI=1S/C12H17N5O/c1-8(9-3-2-4-18-7-9)17-12-10(5-15-17)14-6-11(13)16-12/h5-6,8-9H,2-4,7H2,1H3,(H2,13,16). The van der Waals surface area contributed by atoms with Crippen molar-refractivity contribution in [2.75, 3.05) is 18.9 Å². The van der Waals surface area contributed by atoms with Crippen LogP contribution < -0.4 is 5.73 Å². The Balaban J connectivity index is 1.95. The van der Waals surface area contributed by atoms with Gasteiger partial charge in [-0.2, -0.15) is 5.10 Å². The predicted octanol–water partition coefficient (Wildman–Crippen LogP) is 1.40. The molecule has 6 nitrogen and oxygen atoms in total. The molecule has 0 bridgehead atoms. The van der Waals surface area contributed by atoms with Crippen molar-refractivity contribution in [2.24, 2.45) is 5.92 Å². The van der Waals surface area contributed by atoms with Gasteiger partial charge in [0.15, 0.2) is 5.65 Å². The Morgan fingerprint density at radius 1 is 1.50 bits per heavy atom. The second-order valence-electron chi connectivity index (χ2n) is 4.81. The number of hydrogen-bond donors (Lipinski definition) is 1. The minimum atomic E-state index is 0.249. The summed E-state index contributed by atoms with van der Waals surface area (Å²) in [5.74, 6) is 0.904. The average molecular weight is 247 g/mol. The van der Waals surface area contributed by atoms with Crippen molar-refractivity contribution >= 4 is 17.0 Å². The zero-order chi connectivity index (χ0) is 12.5. The fraction of sp³-hybridized carbons (Fsp3) is 0.583. The van der Waals surface area contributed by atoms with Crippen molar-refractivity contribution in [1.82, 2.24) is 19.7 Å². The molecule has 0 spiro atoms. The SMILES string of the molecule is CC(C1CCCOC1)n1ncc2ncc(N)nc21. The molecule has 0 amide bonds. The predicted molar refractivity (Wildman–Crippen MR) is 68.0 cm³/mol. The summed E-state index contributed by atoms with van der Waals surface area (Å²) in [4.78, 5) is 8.55. The highest BCUT2D eigenvalue weighted by atomic mass is 16.5. The zero-order valence-corrected chi connectivity index (χ0v) is 10.4. The van der Waals surface area contributed by atoms with Gasteiger partial charge in [0.05, 0.1) is 25.0 Å². The molecular formula is C12H17N5O. The minimum Gasteiger partial charge on any atom is -0.382 e. The summed E-state index contributed by atoms with van der Waals surface area (Å²) < 4.78 is 7.45. The first-order valence-electron chi connectivity index (χ1n) is 6.29. The number of nitrogen functional groups attached to an aromatic ring is 1. The summed E-state index contributed by atoms with van der Waals surface area (Å²) in [7, 11) is 0. The monoisotopic (exact) mass is 247 g/mol. The molecule has 0 saturated carbocycles. The van der Waals surface area contributed by atoms with E-state index < -0.39 is 0 Å². The third-order valence-corrected chi connectivity index (χ3v) is 3.58. The molecule has 3 heterocycles. The molecule has 1 saturated heterocycles. The normalized spacial score (nSPS) is 22.2. The maximum absolute atomic E-state index is 5.69. The molecule has 2 N–H and O–H groups in total. The fourth-order valence-electron chi connectivity index (χ4n) is 2.48. The number of rotatable bonds is 2. The van der Waals surface area contributed by atoms with Crippen molar-refractivity contribution in [3.8, 4) is 0 Å². The van der Waals surface area contributed by atoms with Crippen LogP contribution in [-0.2, 0) is 4.74 Å². The minimum absolute atomic E-state index is 0.249. The van der Waals surface area contributed by atoms with Crippen molar-refractivity contribution in [3.05, 3.63) is 12.4 Å². The van der Waals surface area contributed by atoms with Crippen LogP contribution >= 0.6 is 0 Å². The van der Waals surface area contributed by atoms with Gasteiger partial charge in [-0.1, -0.05) is 0 Å². The van der Waals surface area contributed by atoms with Crippen molar-refractivity contribution < 1.29 is 4.74 Å². The van der Waals surface area contributed by atoms with E-state index in [2.05, 4.69) is 22.0 Å². The average Bonchev–Trinajstić information content (AvgIpc) is 2.82. The number of nitrogens with zero attached hydrogens (tertiary/aromatic N) is 4. The van der Waals surface area contributed by atoms with E-state index >= 15 is 0 Å². The lowest BCUT2D eigenvalue weighted by Crippen LogP contribution is -2.26. The second kappa shape index (κ2) is 4.53. The van der Waals surface area contributed by atoms with Crippen molar-refractivity contribution in [1.29, 1.82) is 0 Å². The smallest absolute Gasteiger partial charge is 0.179 e. The number of hydrogen-bond acceptors (Lipinski definition) is 5. The summed E-state index contributed by atoms with van der Waals surface area (Å²) in [6, 6.07) is 0.249. The Bertz CT molecular complexity index is 546. The Kier molecular flexibility index (Phi) is 2.87. The van der Waals surface area contributed by atoms with Gasteiger partial charge in [0.25, 0.3) is 0 Å². The Hall–Kier alpha value is -1.69. The molecule has 2 aromatic rings. The highest BCUT2D eigenvalue weighted by molar-refractivity contribution is 5.70. The third kappa shape index (κ3) is 1.92. The van der Waals surface area contributed by atoms with Crippen LogP contribution in [0.4, 0.5) is 5.82 Å². The molecule has 3 rings (SSSR count). The molecule has 18 heavy (non-hydrogen) atoms. The molecule has 0 radical (unpaired) electrons. The van der Waals surface area contributed by atoms with Crippen LogP contribution in [0.3, 0.4) is 0 Å². The summed E-state index contributed by atoms with van der Waals surface area (Å²) in [5, 5.41) is 4.39. The Labute approximate surface area is 105 Å². The van der Waals surface area contributed by atoms with E-state index in [4.69, 9.17) is 10.5 Å². The Morgan fingerprint density at radius 3 is 3.17 bits per heavy atom. The quantitative estimate of drug-likeness (QED) is 0.867. The van der Waals surface area contributed by atoms with Gasteiger partial charge in [0.1, 0.15) is 11.3 Å². The maximum atomic E-state index is 5.69. The van der Waals surface area contributed by atoms with Gasteiger partial charge in [-0.15, -0.1) is 0 Å². The largest absolute Gasteiger partial charge is 0.382 e. The molecule has 2 atom stereocenters. The lowest BCUT2D eigenvalue weighted by Gasteiger charge is -2.27. The Morgan fingerprint density at radius 2 is 2.39 bits per heavy atom. The van der Waals surface area contributed by atoms with Gasteiger partial charge in [-0.3, -0.25) is 0 Å². The number of aromatic nitrogens is 4. The first kappa shape index (κ1) is 11.4. The van der Waals surface area contributed by atoms with Gasteiger partial charge >= 0.3 is 0 Å². The van der Waals surface area contributed by atoms with Crippen LogP contribution in [0.25, 0.3) is 11.2 Å². The first-order valence-corrected chi connectivity index (χ1v) is 6.29. The van der Waals surface area contributed by atoms with E-state index in [1.165, 1.54) is 0 Å². The van der Waals surface area contributed by atoms with Crippen LogP contribution in [-0.4, -0.2) is 33.0 Å². The highest BCUT2D eigenvalue weighted by Gasteiger charge is 2.24. The highest BCUT2D eigenvalue weighted by Crippen LogP contribution is 2.27. The molecule has 0 aromatic carbocycles. The molecule has 1 aliphatic rings. The van der Waals surface area contributed by atoms with E-state index in [1.54, 1.807) is 12.4 Å². The molecular weight excluding hydrogens is 230 g/mol. The molecule has 1 fully saturated rings. The number of nitrogens with two attached hydrogens (primary N) is 1. The van der Waals surface area contributed by atoms with Crippen LogP contribution in [0.2, 0.25) is 0 Å². The second-order valence-corrected chi connectivity index (χ2v) is 4.81. The number of ether oxygens (including phenoxy) is 1. The fourth-order valence-corrected chi connectivity index (χ4v) is 2.48. The zero-order valence-electron chi connectivity index (χ0n) is 10.4. The molecule has 96 valence electrons. The lowest BCUT2D eigenvalue weighted by molar-refractivity contribution is 0.0349. The van der Waals surface area contributed by atoms with Gasteiger partial charge in [0.2, 0.25) is 0 Å². The summed E-state index contributed by atoms with van der Waals surface area (Å²) in [5.41, 5.74) is 7.23. The van der Waals surface area contributed by atoms with Crippen molar-refractivity contribution in [3.63, 3.8) is 0 Å².